The van der Waals surface area contributed by atoms with E-state index >= 15 is 0 Å². The lowest BCUT2D eigenvalue weighted by atomic mass is 9.65. The molecule has 0 unspecified atom stereocenters. The van der Waals surface area contributed by atoms with Crippen LogP contribution in [0.5, 0.6) is 0 Å². The van der Waals surface area contributed by atoms with Crippen LogP contribution in [0.15, 0.2) is 42.5 Å². The number of hydrogen-bond acceptors (Lipinski definition) is 4. The standard InChI is InChI=1S/C30H38FN3O2/c1-20(2)28-24-13-12-23(31)19-22(24)14-15-30(28,36-29(35)21-10-11-21)16-18-34(3)17-6-9-27-32-25-7-4-5-8-26(25)33-27/h4-5,7-8,12-13,19-21,28H,6,9-11,14-18H2,1-3H3,(H,32,33)/t28-,30+/m1/s1. The number of benzene rings is 2. The number of imidazole rings is 1. The summed E-state index contributed by atoms with van der Waals surface area (Å²) in [5.41, 5.74) is 3.75. The second-order valence-electron chi connectivity index (χ2n) is 11.2. The van der Waals surface area contributed by atoms with Gasteiger partial charge < -0.3 is 14.6 Å². The predicted octanol–water partition coefficient (Wildman–Crippen LogP) is 6.03. The number of halogens is 1. The Morgan fingerprint density at radius 3 is 2.78 bits per heavy atom. The molecule has 2 atom stereocenters. The third kappa shape index (κ3) is 5.34. The van der Waals surface area contributed by atoms with Crippen molar-refractivity contribution in [1.29, 1.82) is 0 Å². The first-order chi connectivity index (χ1) is 17.3. The number of ether oxygens (including phenoxy) is 1. The van der Waals surface area contributed by atoms with Crippen molar-refractivity contribution in [3.8, 4) is 0 Å². The molecule has 0 radical (unpaired) electrons. The molecule has 192 valence electrons. The molecule has 5 nitrogen and oxygen atoms in total. The molecule has 2 aliphatic rings. The summed E-state index contributed by atoms with van der Waals surface area (Å²) in [6.45, 7) is 6.18. The largest absolute Gasteiger partial charge is 0.458 e. The van der Waals surface area contributed by atoms with Crippen LogP contribution in [-0.4, -0.2) is 46.6 Å². The topological polar surface area (TPSA) is 58.2 Å². The molecule has 1 saturated carbocycles. The van der Waals surface area contributed by atoms with Gasteiger partial charge in [0.05, 0.1) is 17.0 Å². The summed E-state index contributed by atoms with van der Waals surface area (Å²) < 4.78 is 20.4. The summed E-state index contributed by atoms with van der Waals surface area (Å²) in [5.74, 6) is 1.19. The zero-order valence-electron chi connectivity index (χ0n) is 21.7. The van der Waals surface area contributed by atoms with E-state index in [1.165, 1.54) is 0 Å². The lowest BCUT2D eigenvalue weighted by Crippen LogP contribution is -2.48. The third-order valence-electron chi connectivity index (χ3n) is 8.01. The van der Waals surface area contributed by atoms with Crippen LogP contribution in [0.4, 0.5) is 4.39 Å². The summed E-state index contributed by atoms with van der Waals surface area (Å²) in [7, 11) is 2.14. The summed E-state index contributed by atoms with van der Waals surface area (Å²) in [5, 5.41) is 0. The molecule has 36 heavy (non-hydrogen) atoms. The van der Waals surface area contributed by atoms with Crippen LogP contribution in [0.3, 0.4) is 0 Å². The zero-order valence-corrected chi connectivity index (χ0v) is 21.7. The van der Waals surface area contributed by atoms with E-state index in [9.17, 15) is 9.18 Å². The Balaban J connectivity index is 1.27. The monoisotopic (exact) mass is 491 g/mol. The Kier molecular flexibility index (Phi) is 7.16. The van der Waals surface area contributed by atoms with Crippen molar-refractivity contribution in [2.45, 2.75) is 70.3 Å². The van der Waals surface area contributed by atoms with Gasteiger partial charge in [0.2, 0.25) is 0 Å². The number of esters is 1. The molecule has 6 heteroatoms. The molecule has 0 amide bonds. The van der Waals surface area contributed by atoms with E-state index < -0.39 is 5.60 Å². The zero-order chi connectivity index (χ0) is 25.3. The van der Waals surface area contributed by atoms with E-state index in [1.54, 1.807) is 12.1 Å². The van der Waals surface area contributed by atoms with Crippen LogP contribution in [0, 0.1) is 17.7 Å². The molecule has 3 aromatic rings. The highest BCUT2D eigenvalue weighted by molar-refractivity contribution is 5.76. The number of carbonyl (C=O) groups excluding carboxylic acids is 1. The maximum atomic E-state index is 14.0. The predicted molar refractivity (Wildman–Crippen MR) is 140 cm³/mol. The van der Waals surface area contributed by atoms with E-state index in [4.69, 9.17) is 9.72 Å². The van der Waals surface area contributed by atoms with Gasteiger partial charge in [0.25, 0.3) is 0 Å². The molecule has 0 spiro atoms. The summed E-state index contributed by atoms with van der Waals surface area (Å²) in [6, 6.07) is 13.3. The quantitative estimate of drug-likeness (QED) is 0.352. The maximum absolute atomic E-state index is 14.0. The van der Waals surface area contributed by atoms with Gasteiger partial charge in [-0.05, 0) is 87.0 Å². The molecule has 0 saturated heterocycles. The van der Waals surface area contributed by atoms with Gasteiger partial charge in [-0.2, -0.15) is 0 Å². The van der Waals surface area contributed by atoms with Gasteiger partial charge in [0.15, 0.2) is 0 Å². The van der Waals surface area contributed by atoms with Crippen molar-refractivity contribution in [1.82, 2.24) is 14.9 Å². The summed E-state index contributed by atoms with van der Waals surface area (Å²) in [6.07, 6.45) is 6.04. The molecule has 2 aromatic carbocycles. The first kappa shape index (κ1) is 24.9. The Labute approximate surface area is 213 Å². The number of nitrogens with zero attached hydrogens (tertiary/aromatic N) is 2. The van der Waals surface area contributed by atoms with Crippen molar-refractivity contribution >= 4 is 17.0 Å². The van der Waals surface area contributed by atoms with Gasteiger partial charge in [-0.25, -0.2) is 9.37 Å². The van der Waals surface area contributed by atoms with Crippen LogP contribution in [0.1, 0.15) is 68.8 Å². The molecule has 1 aromatic heterocycles. The third-order valence-corrected chi connectivity index (χ3v) is 8.01. The number of aromatic nitrogens is 2. The fourth-order valence-corrected chi connectivity index (χ4v) is 6.03. The average Bonchev–Trinajstić information content (AvgIpc) is 3.62. The van der Waals surface area contributed by atoms with Gasteiger partial charge in [-0.15, -0.1) is 0 Å². The lowest BCUT2D eigenvalue weighted by Gasteiger charge is -2.47. The Hall–Kier alpha value is -2.73. The van der Waals surface area contributed by atoms with Crippen LogP contribution < -0.4 is 0 Å². The second kappa shape index (κ2) is 10.3. The first-order valence-corrected chi connectivity index (χ1v) is 13.5. The number of hydrogen-bond donors (Lipinski definition) is 1. The fourth-order valence-electron chi connectivity index (χ4n) is 6.03. The highest BCUT2D eigenvalue weighted by Crippen LogP contribution is 2.49. The maximum Gasteiger partial charge on any atom is 0.309 e. The SMILES string of the molecule is CC(C)[C@@H]1c2ccc(F)cc2CC[C@@]1(CCN(C)CCCc1nc2ccccc2[nH]1)OC(=O)C1CC1. The average molecular weight is 492 g/mol. The minimum atomic E-state index is -0.550. The second-order valence-corrected chi connectivity index (χ2v) is 11.2. The number of H-pyrrole nitrogens is 1. The molecule has 1 heterocycles. The van der Waals surface area contributed by atoms with Crippen LogP contribution in [0.2, 0.25) is 0 Å². The molecule has 2 aliphatic carbocycles. The Bertz CT molecular complexity index is 1180. The molecule has 0 aliphatic heterocycles. The van der Waals surface area contributed by atoms with Gasteiger partial charge in [-0.1, -0.05) is 32.0 Å². The number of rotatable bonds is 10. The fraction of sp³-hybridized carbons (Fsp3) is 0.533. The van der Waals surface area contributed by atoms with Crippen molar-refractivity contribution in [2.24, 2.45) is 11.8 Å². The van der Waals surface area contributed by atoms with Gasteiger partial charge >= 0.3 is 5.97 Å². The molecule has 1 fully saturated rings. The first-order valence-electron chi connectivity index (χ1n) is 13.5. The highest BCUT2D eigenvalue weighted by Gasteiger charge is 2.49. The molecular weight excluding hydrogens is 453 g/mol. The lowest BCUT2D eigenvalue weighted by molar-refractivity contribution is -0.169. The summed E-state index contributed by atoms with van der Waals surface area (Å²) in [4.78, 5) is 23.4. The van der Waals surface area contributed by atoms with E-state index in [1.807, 2.05) is 24.3 Å². The van der Waals surface area contributed by atoms with Crippen LogP contribution in [0.25, 0.3) is 11.0 Å². The van der Waals surface area contributed by atoms with Gasteiger partial charge in [-0.3, -0.25) is 4.79 Å². The number of fused-ring (bicyclic) bond motifs is 2. The Morgan fingerprint density at radius 1 is 1.22 bits per heavy atom. The van der Waals surface area contributed by atoms with Crippen molar-refractivity contribution in [3.63, 3.8) is 0 Å². The minimum absolute atomic E-state index is 0.0428. The summed E-state index contributed by atoms with van der Waals surface area (Å²) >= 11 is 0. The number of aromatic amines is 1. The van der Waals surface area contributed by atoms with Crippen LogP contribution in [-0.2, 0) is 22.4 Å². The number of carbonyl (C=O) groups is 1. The van der Waals surface area contributed by atoms with E-state index in [2.05, 4.69) is 36.8 Å². The highest BCUT2D eigenvalue weighted by atomic mass is 19.1. The van der Waals surface area contributed by atoms with Crippen molar-refractivity contribution in [3.05, 3.63) is 65.2 Å². The number of para-hydroxylation sites is 2. The van der Waals surface area contributed by atoms with E-state index in [0.29, 0.717) is 0 Å². The minimum Gasteiger partial charge on any atom is -0.458 e. The Morgan fingerprint density at radius 2 is 2.03 bits per heavy atom. The smallest absolute Gasteiger partial charge is 0.309 e. The normalized spacial score (nSPS) is 21.8. The van der Waals surface area contributed by atoms with E-state index in [-0.39, 0.29) is 29.5 Å². The molecule has 0 bridgehead atoms. The van der Waals surface area contributed by atoms with Crippen molar-refractivity contribution in [2.75, 3.05) is 20.1 Å². The number of aryl methyl sites for hydroxylation is 2. The molecule has 1 N–H and O–H groups in total. The van der Waals surface area contributed by atoms with Gasteiger partial charge in [0, 0.05) is 25.3 Å². The van der Waals surface area contributed by atoms with Crippen LogP contribution >= 0.6 is 0 Å². The van der Waals surface area contributed by atoms with Crippen molar-refractivity contribution < 1.29 is 13.9 Å². The van der Waals surface area contributed by atoms with Gasteiger partial charge in [0.1, 0.15) is 17.2 Å². The molecule has 5 rings (SSSR count). The molecular formula is C30H38FN3O2. The number of nitrogens with one attached hydrogen (secondary N) is 1. The van der Waals surface area contributed by atoms with E-state index in [0.717, 1.165) is 86.0 Å².